The van der Waals surface area contributed by atoms with Crippen LogP contribution in [0.25, 0.3) is 0 Å². The lowest BCUT2D eigenvalue weighted by atomic mass is 10.1. The summed E-state index contributed by atoms with van der Waals surface area (Å²) in [5.74, 6) is -0.0989. The number of nitrogens with zero attached hydrogens (tertiary/aromatic N) is 4. The number of benzene rings is 1. The van der Waals surface area contributed by atoms with E-state index in [9.17, 15) is 18.7 Å². The van der Waals surface area contributed by atoms with Crippen LogP contribution in [0.5, 0.6) is 5.75 Å². The van der Waals surface area contributed by atoms with Crippen molar-refractivity contribution in [1.29, 1.82) is 0 Å². The van der Waals surface area contributed by atoms with Gasteiger partial charge in [-0.3, -0.25) is 4.79 Å². The number of alkyl halides is 3. The molecule has 0 radical (unpaired) electrons. The number of halogens is 3. The second-order valence-electron chi connectivity index (χ2n) is 7.52. The second kappa shape index (κ2) is 10.4. The van der Waals surface area contributed by atoms with Crippen LogP contribution in [0, 0.1) is 0 Å². The number of thiocarbonyl (C=S) groups is 1. The first kappa shape index (κ1) is 24.7. The van der Waals surface area contributed by atoms with E-state index in [0.717, 1.165) is 0 Å². The molecule has 1 aliphatic heterocycles. The zero-order valence-electron chi connectivity index (χ0n) is 17.8. The summed E-state index contributed by atoms with van der Waals surface area (Å²) in [6.07, 6.45) is 3.09. The van der Waals surface area contributed by atoms with E-state index < -0.39 is 17.6 Å². The Hall–Kier alpha value is -2.89. The molecule has 1 saturated heterocycles. The van der Waals surface area contributed by atoms with Gasteiger partial charge in [-0.15, -0.1) is 8.78 Å². The minimum absolute atomic E-state index is 0.154. The molecule has 1 atom stereocenters. The van der Waals surface area contributed by atoms with Crippen LogP contribution < -0.4 is 15.0 Å². The zero-order valence-corrected chi connectivity index (χ0v) is 19.4. The number of hydrogen-bond acceptors (Lipinski definition) is 6. The predicted octanol–water partition coefficient (Wildman–Crippen LogP) is 3.34. The first-order chi connectivity index (χ1) is 15.5. The van der Waals surface area contributed by atoms with Gasteiger partial charge in [0.1, 0.15) is 16.6 Å². The molecule has 1 aromatic heterocycles. The molecular formula is C21H22ClF2N5O3S. The molecule has 12 heteroatoms. The number of anilines is 2. The van der Waals surface area contributed by atoms with Crippen molar-refractivity contribution in [3.63, 3.8) is 0 Å². The van der Waals surface area contributed by atoms with Gasteiger partial charge in [0, 0.05) is 50.7 Å². The topological polar surface area (TPSA) is 90.3 Å². The SMILES string of the molecule is CN(C)C=NC(=S)c1cc(C(=O)Nc2ccc(OC(F)(F)Cl)cc2)cnc1N1CCC(O)C1. The van der Waals surface area contributed by atoms with Gasteiger partial charge >= 0.3 is 5.57 Å². The highest BCUT2D eigenvalue weighted by Gasteiger charge is 2.28. The van der Waals surface area contributed by atoms with Crippen LogP contribution in [-0.4, -0.2) is 71.1 Å². The lowest BCUT2D eigenvalue weighted by Crippen LogP contribution is -2.25. The summed E-state index contributed by atoms with van der Waals surface area (Å²) < 4.78 is 29.7. The quantitative estimate of drug-likeness (QED) is 0.262. The van der Waals surface area contributed by atoms with E-state index in [0.29, 0.717) is 36.6 Å². The molecule has 1 unspecified atom stereocenters. The Morgan fingerprint density at radius 2 is 2.12 bits per heavy atom. The van der Waals surface area contributed by atoms with Gasteiger partial charge in [-0.2, -0.15) is 0 Å². The fourth-order valence-electron chi connectivity index (χ4n) is 3.11. The number of hydrogen-bond donors (Lipinski definition) is 2. The normalized spacial score (nSPS) is 16.2. The lowest BCUT2D eigenvalue weighted by molar-refractivity contribution is -0.0964. The lowest BCUT2D eigenvalue weighted by Gasteiger charge is -2.20. The zero-order chi connectivity index (χ0) is 24.2. The average molecular weight is 498 g/mol. The first-order valence-corrected chi connectivity index (χ1v) is 10.7. The molecule has 33 heavy (non-hydrogen) atoms. The van der Waals surface area contributed by atoms with E-state index in [1.807, 2.05) is 4.90 Å². The number of carbonyl (C=O) groups is 1. The van der Waals surface area contributed by atoms with Crippen LogP contribution in [0.1, 0.15) is 22.3 Å². The van der Waals surface area contributed by atoms with Gasteiger partial charge in [0.15, 0.2) is 0 Å². The molecule has 0 bridgehead atoms. The van der Waals surface area contributed by atoms with Crippen LogP contribution in [-0.2, 0) is 0 Å². The Labute approximate surface area is 199 Å². The van der Waals surface area contributed by atoms with Crippen molar-refractivity contribution in [3.05, 3.63) is 47.7 Å². The summed E-state index contributed by atoms with van der Waals surface area (Å²) in [5, 5.41) is 12.6. The predicted molar refractivity (Wildman–Crippen MR) is 127 cm³/mol. The Bertz CT molecular complexity index is 1050. The standard InChI is InChI=1S/C21H22ClF2N5O3S/c1-28(2)12-26-20(33)17-9-13(10-25-18(17)29-8-7-15(30)11-29)19(31)27-14-3-5-16(6-4-14)32-21(22,23)24/h3-6,9-10,12,15,30H,7-8,11H2,1-2H3,(H,27,31). The highest BCUT2D eigenvalue weighted by atomic mass is 35.5. The minimum atomic E-state index is -3.83. The van der Waals surface area contributed by atoms with Crippen LogP contribution in [0.15, 0.2) is 41.5 Å². The molecule has 2 heterocycles. The molecule has 1 aromatic carbocycles. The number of aliphatic hydroxyl groups is 1. The number of nitrogens with one attached hydrogen (secondary N) is 1. The number of pyridine rings is 1. The molecule has 1 amide bonds. The summed E-state index contributed by atoms with van der Waals surface area (Å²) in [5.41, 5.74) is -2.76. The molecule has 1 aliphatic rings. The maximum atomic E-state index is 12.8. The molecule has 8 nitrogen and oxygen atoms in total. The third kappa shape index (κ3) is 7.04. The van der Waals surface area contributed by atoms with Crippen molar-refractivity contribution < 1.29 is 23.4 Å². The Kier molecular flexibility index (Phi) is 7.77. The molecule has 3 rings (SSSR count). The maximum absolute atomic E-state index is 12.8. The van der Waals surface area contributed by atoms with Gasteiger partial charge in [0.25, 0.3) is 5.91 Å². The third-order valence-electron chi connectivity index (χ3n) is 4.57. The van der Waals surface area contributed by atoms with Crippen LogP contribution in [0.4, 0.5) is 20.3 Å². The van der Waals surface area contributed by atoms with E-state index >= 15 is 0 Å². The molecule has 176 valence electrons. The van der Waals surface area contributed by atoms with Gasteiger partial charge in [0.05, 0.1) is 23.6 Å². The molecule has 0 spiro atoms. The summed E-state index contributed by atoms with van der Waals surface area (Å²) in [6.45, 7) is 1.00. The first-order valence-electron chi connectivity index (χ1n) is 9.87. The summed E-state index contributed by atoms with van der Waals surface area (Å²) in [4.78, 5) is 25.3. The van der Waals surface area contributed by atoms with Crippen molar-refractivity contribution in [1.82, 2.24) is 9.88 Å². The Morgan fingerprint density at radius 3 is 2.70 bits per heavy atom. The highest BCUT2D eigenvalue weighted by molar-refractivity contribution is 7.80. The van der Waals surface area contributed by atoms with Crippen molar-refractivity contribution in [2.24, 2.45) is 4.99 Å². The fraction of sp³-hybridized carbons (Fsp3) is 0.333. The number of rotatable bonds is 7. The van der Waals surface area contributed by atoms with E-state index in [-0.39, 0.29) is 16.3 Å². The number of amides is 1. The van der Waals surface area contributed by atoms with Gasteiger partial charge in [0.2, 0.25) is 0 Å². The van der Waals surface area contributed by atoms with E-state index in [4.69, 9.17) is 23.8 Å². The number of aliphatic hydroxyl groups excluding tert-OH is 1. The number of ether oxygens (including phenoxy) is 1. The van der Waals surface area contributed by atoms with Crippen molar-refractivity contribution in [2.75, 3.05) is 37.4 Å². The van der Waals surface area contributed by atoms with Gasteiger partial charge in [-0.1, -0.05) is 12.2 Å². The molecule has 2 aromatic rings. The Balaban J connectivity index is 1.82. The third-order valence-corrected chi connectivity index (χ3v) is 4.98. The van der Waals surface area contributed by atoms with Crippen molar-refractivity contribution in [2.45, 2.75) is 18.1 Å². The monoisotopic (exact) mass is 497 g/mol. The summed E-state index contributed by atoms with van der Waals surface area (Å²) in [7, 11) is 3.60. The van der Waals surface area contributed by atoms with Crippen LogP contribution in [0.3, 0.4) is 0 Å². The smallest absolute Gasteiger partial charge is 0.420 e. The number of carbonyl (C=O) groups excluding carboxylic acids is 1. The summed E-state index contributed by atoms with van der Waals surface area (Å²) in [6, 6.07) is 6.89. The van der Waals surface area contributed by atoms with Crippen LogP contribution >= 0.6 is 23.8 Å². The van der Waals surface area contributed by atoms with E-state index in [2.05, 4.69) is 20.0 Å². The highest BCUT2D eigenvalue weighted by Crippen LogP contribution is 2.27. The number of β-amino-alcohol motifs (C(OH)–C–C–N with tert-alkyl or cyclic N) is 1. The van der Waals surface area contributed by atoms with E-state index in [1.165, 1.54) is 30.5 Å². The molecule has 2 N–H and O–H groups in total. The maximum Gasteiger partial charge on any atom is 0.487 e. The van der Waals surface area contributed by atoms with Gasteiger partial charge < -0.3 is 25.0 Å². The number of aliphatic imine (C=N–C) groups is 1. The largest absolute Gasteiger partial charge is 0.487 e. The summed E-state index contributed by atoms with van der Waals surface area (Å²) >= 11 is 10.2. The fourth-order valence-corrected chi connectivity index (χ4v) is 3.39. The average Bonchev–Trinajstić information content (AvgIpc) is 3.18. The second-order valence-corrected chi connectivity index (χ2v) is 8.35. The minimum Gasteiger partial charge on any atom is -0.420 e. The molecule has 0 aliphatic carbocycles. The van der Waals surface area contributed by atoms with Crippen LogP contribution in [0.2, 0.25) is 0 Å². The van der Waals surface area contributed by atoms with E-state index in [1.54, 1.807) is 31.4 Å². The van der Waals surface area contributed by atoms with Gasteiger partial charge in [-0.05, 0) is 36.8 Å². The molecule has 1 fully saturated rings. The Morgan fingerprint density at radius 1 is 1.42 bits per heavy atom. The molecular weight excluding hydrogens is 476 g/mol. The molecule has 0 saturated carbocycles. The van der Waals surface area contributed by atoms with Gasteiger partial charge in [-0.25, -0.2) is 9.98 Å². The number of aromatic nitrogens is 1. The van der Waals surface area contributed by atoms with Crippen molar-refractivity contribution >= 4 is 52.6 Å². The van der Waals surface area contributed by atoms with Crippen molar-refractivity contribution in [3.8, 4) is 5.75 Å².